The number of ketones is 1. The summed E-state index contributed by atoms with van der Waals surface area (Å²) in [5, 5.41) is 21.3. The highest BCUT2D eigenvalue weighted by molar-refractivity contribution is 5.89. The molecule has 0 spiro atoms. The van der Waals surface area contributed by atoms with Crippen LogP contribution in [0.4, 0.5) is 4.79 Å². The molecule has 126 valence electrons. The highest BCUT2D eigenvalue weighted by Crippen LogP contribution is 2.33. The van der Waals surface area contributed by atoms with Crippen LogP contribution in [0.15, 0.2) is 12.2 Å². The smallest absolute Gasteiger partial charge is 0.408 e. The standard InChI is InChI=1S/C16H23N3O4/c1-4-6-11-8-12(9-17)19(16(22)23)15(11)14(18-10(3)20)13(21)7-5-2/h4,6,11-12,14-15H,5,7-8H2,1-3H3,(H,18,20)(H,22,23)/b6-4-/t11-,12-,14+,15-/m1/s1. The van der Waals surface area contributed by atoms with E-state index in [1.807, 2.05) is 13.0 Å². The first-order valence-electron chi connectivity index (χ1n) is 7.70. The zero-order chi connectivity index (χ0) is 17.6. The normalized spacial score (nSPS) is 25.1. The minimum Gasteiger partial charge on any atom is -0.465 e. The average Bonchev–Trinajstić information content (AvgIpc) is 2.83. The lowest BCUT2D eigenvalue weighted by Gasteiger charge is -2.32. The van der Waals surface area contributed by atoms with E-state index in [-0.39, 0.29) is 18.1 Å². The second-order valence-corrected chi connectivity index (χ2v) is 5.65. The second-order valence-electron chi connectivity index (χ2n) is 5.65. The summed E-state index contributed by atoms with van der Waals surface area (Å²) in [5.41, 5.74) is 0. The van der Waals surface area contributed by atoms with Crippen LogP contribution in [0.2, 0.25) is 0 Å². The molecular weight excluding hydrogens is 298 g/mol. The molecule has 1 rings (SSSR count). The van der Waals surface area contributed by atoms with Crippen LogP contribution in [0, 0.1) is 17.2 Å². The van der Waals surface area contributed by atoms with E-state index in [9.17, 15) is 24.8 Å². The average molecular weight is 321 g/mol. The Morgan fingerprint density at radius 2 is 2.13 bits per heavy atom. The van der Waals surface area contributed by atoms with E-state index < -0.39 is 30.1 Å². The molecule has 0 aromatic heterocycles. The van der Waals surface area contributed by atoms with E-state index in [1.165, 1.54) is 6.92 Å². The third kappa shape index (κ3) is 4.31. The predicted octanol–water partition coefficient (Wildman–Crippen LogP) is 1.70. The van der Waals surface area contributed by atoms with Gasteiger partial charge in [-0.15, -0.1) is 0 Å². The van der Waals surface area contributed by atoms with Crippen LogP contribution >= 0.6 is 0 Å². The summed E-state index contributed by atoms with van der Waals surface area (Å²) in [4.78, 5) is 36.6. The van der Waals surface area contributed by atoms with Gasteiger partial charge in [-0.25, -0.2) is 4.79 Å². The first-order chi connectivity index (χ1) is 10.9. The molecule has 0 aromatic carbocycles. The molecule has 2 N–H and O–H groups in total. The van der Waals surface area contributed by atoms with Crippen LogP contribution < -0.4 is 5.32 Å². The van der Waals surface area contributed by atoms with E-state index in [4.69, 9.17) is 0 Å². The minimum atomic E-state index is -1.26. The van der Waals surface area contributed by atoms with Gasteiger partial charge < -0.3 is 10.4 Å². The van der Waals surface area contributed by atoms with Crippen LogP contribution in [0.1, 0.15) is 40.0 Å². The maximum absolute atomic E-state index is 12.4. The number of nitrogens with one attached hydrogen (secondary N) is 1. The number of rotatable bonds is 6. The number of Topliss-reactive ketones (excluding diaryl/α,β-unsaturated/α-hetero) is 1. The molecular formula is C16H23N3O4. The summed E-state index contributed by atoms with van der Waals surface area (Å²) < 4.78 is 0. The van der Waals surface area contributed by atoms with Crippen molar-refractivity contribution in [2.24, 2.45) is 5.92 Å². The summed E-state index contributed by atoms with van der Waals surface area (Å²) in [7, 11) is 0. The van der Waals surface area contributed by atoms with Crippen molar-refractivity contribution in [2.75, 3.05) is 0 Å². The maximum atomic E-state index is 12.4. The molecule has 7 nitrogen and oxygen atoms in total. The van der Waals surface area contributed by atoms with Gasteiger partial charge in [-0.05, 0) is 19.8 Å². The van der Waals surface area contributed by atoms with E-state index in [0.717, 1.165) is 4.90 Å². The van der Waals surface area contributed by atoms with E-state index >= 15 is 0 Å². The summed E-state index contributed by atoms with van der Waals surface area (Å²) in [6.45, 7) is 4.93. The van der Waals surface area contributed by atoms with Crippen LogP contribution in [0.5, 0.6) is 0 Å². The molecule has 1 heterocycles. The number of hydrogen-bond donors (Lipinski definition) is 2. The topological polar surface area (TPSA) is 110 Å². The Kier molecular flexibility index (Phi) is 6.76. The Bertz CT molecular complexity index is 538. The zero-order valence-corrected chi connectivity index (χ0v) is 13.7. The van der Waals surface area contributed by atoms with Crippen LogP contribution in [-0.4, -0.2) is 45.9 Å². The maximum Gasteiger partial charge on any atom is 0.408 e. The van der Waals surface area contributed by atoms with Gasteiger partial charge in [0, 0.05) is 19.3 Å². The van der Waals surface area contributed by atoms with Gasteiger partial charge in [0.2, 0.25) is 5.91 Å². The fraction of sp³-hybridized carbons (Fsp3) is 0.625. The summed E-state index contributed by atoms with van der Waals surface area (Å²) in [5.74, 6) is -0.908. The van der Waals surface area contributed by atoms with Gasteiger partial charge >= 0.3 is 6.09 Å². The quantitative estimate of drug-likeness (QED) is 0.723. The van der Waals surface area contributed by atoms with E-state index in [0.29, 0.717) is 12.8 Å². The van der Waals surface area contributed by atoms with Gasteiger partial charge in [0.1, 0.15) is 12.1 Å². The Hall–Kier alpha value is -2.36. The molecule has 0 unspecified atom stereocenters. The first-order valence-corrected chi connectivity index (χ1v) is 7.70. The largest absolute Gasteiger partial charge is 0.465 e. The molecule has 23 heavy (non-hydrogen) atoms. The van der Waals surface area contributed by atoms with Crippen LogP contribution in [-0.2, 0) is 9.59 Å². The number of carbonyl (C=O) groups is 3. The number of amides is 2. The fourth-order valence-electron chi connectivity index (χ4n) is 3.13. The highest BCUT2D eigenvalue weighted by atomic mass is 16.4. The number of nitrogens with zero attached hydrogens (tertiary/aromatic N) is 2. The Balaban J connectivity index is 3.29. The van der Waals surface area contributed by atoms with Gasteiger partial charge in [-0.3, -0.25) is 14.5 Å². The number of hydrogen-bond acceptors (Lipinski definition) is 4. The molecule has 1 fully saturated rings. The number of likely N-dealkylation sites (tertiary alicyclic amines) is 1. The number of carboxylic acid groups (broad SMARTS) is 1. The summed E-state index contributed by atoms with van der Waals surface area (Å²) in [6, 6.07) is -0.558. The van der Waals surface area contributed by atoms with Gasteiger partial charge in [0.25, 0.3) is 0 Å². The number of nitriles is 1. The molecule has 4 atom stereocenters. The van der Waals surface area contributed by atoms with Crippen molar-refractivity contribution in [1.82, 2.24) is 10.2 Å². The van der Waals surface area contributed by atoms with Crippen molar-refractivity contribution < 1.29 is 19.5 Å². The predicted molar refractivity (Wildman–Crippen MR) is 83.5 cm³/mol. The van der Waals surface area contributed by atoms with Gasteiger partial charge in [-0.2, -0.15) is 5.26 Å². The Morgan fingerprint density at radius 1 is 1.48 bits per heavy atom. The molecule has 0 radical (unpaired) electrons. The van der Waals surface area contributed by atoms with Crippen LogP contribution in [0.25, 0.3) is 0 Å². The Morgan fingerprint density at radius 3 is 2.57 bits per heavy atom. The molecule has 0 aromatic rings. The van der Waals surface area contributed by atoms with Crippen molar-refractivity contribution >= 4 is 17.8 Å². The minimum absolute atomic E-state index is 0.216. The van der Waals surface area contributed by atoms with Gasteiger partial charge in [0.05, 0.1) is 12.1 Å². The second kappa shape index (κ2) is 8.32. The Labute approximate surface area is 135 Å². The van der Waals surface area contributed by atoms with Crippen molar-refractivity contribution in [3.05, 3.63) is 12.2 Å². The van der Waals surface area contributed by atoms with Crippen molar-refractivity contribution in [3.8, 4) is 6.07 Å². The van der Waals surface area contributed by atoms with Crippen molar-refractivity contribution in [1.29, 1.82) is 5.26 Å². The fourth-order valence-corrected chi connectivity index (χ4v) is 3.13. The number of allylic oxidation sites excluding steroid dienone is 1. The molecule has 1 saturated heterocycles. The molecule has 0 aliphatic carbocycles. The zero-order valence-electron chi connectivity index (χ0n) is 13.7. The SMILES string of the molecule is C/C=C\[C@@H]1C[C@H](C#N)N(C(=O)O)[C@H]1[C@@H](NC(C)=O)C(=O)CCC. The monoisotopic (exact) mass is 321 g/mol. The molecule has 0 saturated carbocycles. The van der Waals surface area contributed by atoms with Gasteiger partial charge in [-0.1, -0.05) is 19.1 Å². The van der Waals surface area contributed by atoms with Gasteiger partial charge in [0.15, 0.2) is 5.78 Å². The van der Waals surface area contributed by atoms with Crippen molar-refractivity contribution in [3.63, 3.8) is 0 Å². The third-order valence-electron chi connectivity index (χ3n) is 3.94. The molecule has 0 bridgehead atoms. The number of carbonyl (C=O) groups excluding carboxylic acids is 2. The lowest BCUT2D eigenvalue weighted by atomic mass is 9.89. The summed E-state index contributed by atoms with van der Waals surface area (Å²) in [6.07, 6.45) is 3.47. The third-order valence-corrected chi connectivity index (χ3v) is 3.94. The molecule has 7 heteroatoms. The van der Waals surface area contributed by atoms with E-state index in [1.54, 1.807) is 19.1 Å². The molecule has 1 aliphatic rings. The lowest BCUT2D eigenvalue weighted by Crippen LogP contribution is -2.57. The van der Waals surface area contributed by atoms with E-state index in [2.05, 4.69) is 5.32 Å². The molecule has 1 aliphatic heterocycles. The molecule has 2 amide bonds. The van der Waals surface area contributed by atoms with Crippen LogP contribution in [0.3, 0.4) is 0 Å². The lowest BCUT2D eigenvalue weighted by molar-refractivity contribution is -0.128. The first kappa shape index (κ1) is 18.7. The van der Waals surface area contributed by atoms with Crippen molar-refractivity contribution in [2.45, 2.75) is 58.2 Å². The highest BCUT2D eigenvalue weighted by Gasteiger charge is 2.48. The summed E-state index contributed by atoms with van der Waals surface area (Å²) >= 11 is 0.